The number of unbranched alkanes of at least 4 members (excludes halogenated alkanes) is 4. The number of hydrogen-bond donors (Lipinski definition) is 2. The third-order valence-electron chi connectivity index (χ3n) is 4.83. The van der Waals surface area contributed by atoms with Gasteiger partial charge in [-0.1, -0.05) is 66.2 Å². The lowest BCUT2D eigenvalue weighted by Crippen LogP contribution is -2.22. The van der Waals surface area contributed by atoms with E-state index in [4.69, 9.17) is 9.47 Å². The lowest BCUT2D eigenvalue weighted by atomic mass is 10.1. The molecule has 0 fully saturated rings. The molecule has 0 heterocycles. The van der Waals surface area contributed by atoms with Crippen LogP contribution in [0.2, 0.25) is 0 Å². The van der Waals surface area contributed by atoms with Crippen molar-refractivity contribution in [2.45, 2.75) is 52.5 Å². The summed E-state index contributed by atoms with van der Waals surface area (Å²) in [5.74, 6) is 0.987. The average Bonchev–Trinajstić information content (AvgIpc) is 2.74. The van der Waals surface area contributed by atoms with E-state index >= 15 is 0 Å². The van der Waals surface area contributed by atoms with Gasteiger partial charge in [0.25, 0.3) is 5.91 Å². The first-order chi connectivity index (χ1) is 14.5. The van der Waals surface area contributed by atoms with Gasteiger partial charge in [-0.05, 0) is 44.2 Å². The van der Waals surface area contributed by atoms with Gasteiger partial charge in [-0.3, -0.25) is 4.79 Å². The Bertz CT molecular complexity index is 794. The molecular weight excluding hydrogens is 444 g/mol. The van der Waals surface area contributed by atoms with Crippen molar-refractivity contribution in [2.75, 3.05) is 25.6 Å². The lowest BCUT2D eigenvalue weighted by Gasteiger charge is -2.17. The highest BCUT2D eigenvalue weighted by Crippen LogP contribution is 2.36. The van der Waals surface area contributed by atoms with Gasteiger partial charge in [0, 0.05) is 22.3 Å². The molecule has 6 heteroatoms. The Balaban J connectivity index is 1.95. The summed E-state index contributed by atoms with van der Waals surface area (Å²) < 4.78 is 12.3. The molecule has 0 unspecified atom stereocenters. The minimum atomic E-state index is -0.212. The molecule has 0 radical (unpaired) electrons. The smallest absolute Gasteiger partial charge is 0.262 e. The number of methoxy groups -OCH3 is 1. The maximum Gasteiger partial charge on any atom is 0.262 e. The van der Waals surface area contributed by atoms with Gasteiger partial charge in [0.1, 0.15) is 0 Å². The number of hydrogen-bond acceptors (Lipinski definition) is 4. The maximum absolute atomic E-state index is 12.3. The molecule has 2 N–H and O–H groups in total. The summed E-state index contributed by atoms with van der Waals surface area (Å²) in [6.45, 7) is 5.72. The van der Waals surface area contributed by atoms with Gasteiger partial charge in [0.05, 0.1) is 7.11 Å². The van der Waals surface area contributed by atoms with E-state index in [0.717, 1.165) is 34.3 Å². The van der Waals surface area contributed by atoms with E-state index in [2.05, 4.69) is 33.5 Å². The number of carbonyl (C=O) groups is 1. The third kappa shape index (κ3) is 8.00. The Morgan fingerprint density at radius 1 is 1.03 bits per heavy atom. The molecule has 0 aliphatic rings. The predicted molar refractivity (Wildman–Crippen MR) is 126 cm³/mol. The normalized spacial score (nSPS) is 10.7. The van der Waals surface area contributed by atoms with Crippen molar-refractivity contribution >= 4 is 27.5 Å². The van der Waals surface area contributed by atoms with Gasteiger partial charge in [0.15, 0.2) is 18.1 Å². The van der Waals surface area contributed by atoms with Crippen molar-refractivity contribution in [3.8, 4) is 11.5 Å². The fraction of sp³-hybridized carbons (Fsp3) is 0.458. The first-order valence-corrected chi connectivity index (χ1v) is 11.4. The molecule has 2 aromatic rings. The summed E-state index contributed by atoms with van der Waals surface area (Å²) in [7, 11) is 1.60. The number of aryl methyl sites for hydroxylation is 1. The van der Waals surface area contributed by atoms with Crippen LogP contribution in [-0.2, 0) is 11.3 Å². The monoisotopic (exact) mass is 476 g/mol. The van der Waals surface area contributed by atoms with Gasteiger partial charge >= 0.3 is 0 Å². The minimum absolute atomic E-state index is 0.0926. The molecule has 5 nitrogen and oxygen atoms in total. The molecule has 0 saturated heterocycles. The highest BCUT2D eigenvalue weighted by Gasteiger charge is 2.16. The Kier molecular flexibility index (Phi) is 10.7. The molecule has 0 spiro atoms. The third-order valence-corrected chi connectivity index (χ3v) is 5.57. The van der Waals surface area contributed by atoms with Crippen molar-refractivity contribution in [2.24, 2.45) is 0 Å². The van der Waals surface area contributed by atoms with Gasteiger partial charge in [-0.25, -0.2) is 0 Å². The number of carbonyl (C=O) groups excluding carboxylic acids is 1. The molecule has 0 saturated carbocycles. The quantitative estimate of drug-likeness (QED) is 0.356. The number of nitrogens with one attached hydrogen (secondary N) is 2. The van der Waals surface area contributed by atoms with Crippen LogP contribution in [0.25, 0.3) is 0 Å². The van der Waals surface area contributed by atoms with Crippen molar-refractivity contribution in [1.29, 1.82) is 0 Å². The van der Waals surface area contributed by atoms with Crippen LogP contribution in [0.15, 0.2) is 40.9 Å². The highest BCUT2D eigenvalue weighted by atomic mass is 79.9. The summed E-state index contributed by atoms with van der Waals surface area (Å²) in [5, 5.41) is 6.33. The van der Waals surface area contributed by atoms with Gasteiger partial charge < -0.3 is 20.1 Å². The number of halogens is 1. The molecule has 2 aromatic carbocycles. The largest absolute Gasteiger partial charge is 0.493 e. The summed E-state index contributed by atoms with van der Waals surface area (Å²) in [6.07, 6.45) is 6.22. The number of anilines is 1. The van der Waals surface area contributed by atoms with Crippen molar-refractivity contribution < 1.29 is 14.3 Å². The SMILES string of the molecule is CCCCCCCNCc1c(Br)ccc(OC)c1OCC(=O)Nc1ccc(C)cc1. The first-order valence-electron chi connectivity index (χ1n) is 10.6. The van der Waals surface area contributed by atoms with E-state index in [-0.39, 0.29) is 12.5 Å². The molecule has 0 aliphatic heterocycles. The Morgan fingerprint density at radius 3 is 2.47 bits per heavy atom. The molecule has 164 valence electrons. The van der Waals surface area contributed by atoms with E-state index in [9.17, 15) is 4.79 Å². The van der Waals surface area contributed by atoms with Crippen LogP contribution in [0.4, 0.5) is 5.69 Å². The van der Waals surface area contributed by atoms with E-state index in [1.165, 1.54) is 25.7 Å². The molecular formula is C24H33BrN2O3. The van der Waals surface area contributed by atoms with Crippen molar-refractivity contribution in [3.63, 3.8) is 0 Å². The van der Waals surface area contributed by atoms with Crippen LogP contribution < -0.4 is 20.1 Å². The number of amides is 1. The minimum Gasteiger partial charge on any atom is -0.493 e. The standard InChI is InChI=1S/C24H33BrN2O3/c1-4-5-6-7-8-15-26-16-20-21(25)13-14-22(29-3)24(20)30-17-23(28)27-19-11-9-18(2)10-12-19/h9-14,26H,4-8,15-17H2,1-3H3,(H,27,28). The molecule has 0 atom stereocenters. The maximum atomic E-state index is 12.3. The zero-order valence-corrected chi connectivity index (χ0v) is 19.8. The first kappa shape index (κ1) is 24.2. The summed E-state index contributed by atoms with van der Waals surface area (Å²) >= 11 is 3.61. The average molecular weight is 477 g/mol. The Labute approximate surface area is 188 Å². The second-order valence-electron chi connectivity index (χ2n) is 7.35. The van der Waals surface area contributed by atoms with E-state index in [0.29, 0.717) is 18.0 Å². The summed E-state index contributed by atoms with van der Waals surface area (Å²) in [4.78, 5) is 12.3. The topological polar surface area (TPSA) is 59.6 Å². The molecule has 0 bridgehead atoms. The zero-order valence-electron chi connectivity index (χ0n) is 18.2. The van der Waals surface area contributed by atoms with Crippen LogP contribution >= 0.6 is 15.9 Å². The zero-order chi connectivity index (χ0) is 21.8. The van der Waals surface area contributed by atoms with Crippen LogP contribution in [0.1, 0.15) is 50.2 Å². The van der Waals surface area contributed by atoms with E-state index in [1.807, 2.05) is 43.3 Å². The molecule has 1 amide bonds. The molecule has 30 heavy (non-hydrogen) atoms. The lowest BCUT2D eigenvalue weighted by molar-refractivity contribution is -0.118. The van der Waals surface area contributed by atoms with Crippen LogP contribution in [0.3, 0.4) is 0 Å². The van der Waals surface area contributed by atoms with Crippen LogP contribution in [0, 0.1) is 6.92 Å². The van der Waals surface area contributed by atoms with Gasteiger partial charge in [-0.15, -0.1) is 0 Å². The highest BCUT2D eigenvalue weighted by molar-refractivity contribution is 9.10. The Hall–Kier alpha value is -2.05. The Morgan fingerprint density at radius 2 is 1.77 bits per heavy atom. The molecule has 2 rings (SSSR count). The van der Waals surface area contributed by atoms with Gasteiger partial charge in [-0.2, -0.15) is 0 Å². The van der Waals surface area contributed by atoms with Crippen LogP contribution in [0.5, 0.6) is 11.5 Å². The fourth-order valence-corrected chi connectivity index (χ4v) is 3.56. The number of ether oxygens (including phenoxy) is 2. The molecule has 0 aliphatic carbocycles. The summed E-state index contributed by atoms with van der Waals surface area (Å²) in [5.41, 5.74) is 2.84. The second-order valence-corrected chi connectivity index (χ2v) is 8.21. The second kappa shape index (κ2) is 13.3. The van der Waals surface area contributed by atoms with Gasteiger partial charge in [0.2, 0.25) is 0 Å². The molecule has 0 aromatic heterocycles. The summed E-state index contributed by atoms with van der Waals surface area (Å²) in [6, 6.07) is 11.5. The van der Waals surface area contributed by atoms with E-state index in [1.54, 1.807) is 7.11 Å². The van der Waals surface area contributed by atoms with Crippen molar-refractivity contribution in [1.82, 2.24) is 5.32 Å². The van der Waals surface area contributed by atoms with Crippen molar-refractivity contribution in [3.05, 3.63) is 52.0 Å². The van der Waals surface area contributed by atoms with Crippen LogP contribution in [-0.4, -0.2) is 26.2 Å². The fourth-order valence-electron chi connectivity index (χ4n) is 3.10. The predicted octanol–water partition coefficient (Wildman–Crippen LogP) is 5.84. The number of rotatable bonds is 13. The van der Waals surface area contributed by atoms with E-state index < -0.39 is 0 Å². The number of benzene rings is 2.